The molecule has 3 N–H and O–H groups in total. The molecule has 0 spiro atoms. The summed E-state index contributed by atoms with van der Waals surface area (Å²) in [5.41, 5.74) is 0.263. The van der Waals surface area contributed by atoms with Crippen molar-refractivity contribution in [3.63, 3.8) is 0 Å². The third-order valence-electron chi connectivity index (χ3n) is 2.52. The molecule has 1 aromatic rings. The number of carboxylic acids is 1. The van der Waals surface area contributed by atoms with Crippen molar-refractivity contribution in [1.82, 2.24) is 0 Å². The number of rotatable bonds is 8. The van der Waals surface area contributed by atoms with E-state index in [4.69, 9.17) is 14.6 Å². The Bertz CT molecular complexity index is 450. The largest absolute Gasteiger partial charge is 0.490 e. The smallest absolute Gasteiger partial charge is 0.341 e. The highest BCUT2D eigenvalue weighted by atomic mass is 32.1. The van der Waals surface area contributed by atoms with Gasteiger partial charge in [0.25, 0.3) is 0 Å². The zero-order valence-corrected chi connectivity index (χ0v) is 11.9. The SMILES string of the molecule is CCOc1cccc(C(O)C(O)CS)c1OCC(=O)O. The predicted octanol–water partition coefficient (Wildman–Crippen LogP) is 0.873. The maximum atomic E-state index is 10.6. The Morgan fingerprint density at radius 2 is 2.05 bits per heavy atom. The van der Waals surface area contributed by atoms with Gasteiger partial charge in [0.1, 0.15) is 6.10 Å². The highest BCUT2D eigenvalue weighted by molar-refractivity contribution is 7.80. The van der Waals surface area contributed by atoms with Crippen LogP contribution in [0.1, 0.15) is 18.6 Å². The fourth-order valence-corrected chi connectivity index (χ4v) is 1.83. The van der Waals surface area contributed by atoms with Gasteiger partial charge >= 0.3 is 5.97 Å². The third-order valence-corrected chi connectivity index (χ3v) is 2.89. The van der Waals surface area contributed by atoms with Crippen molar-refractivity contribution in [2.24, 2.45) is 0 Å². The molecule has 0 heterocycles. The van der Waals surface area contributed by atoms with Crippen LogP contribution in [-0.4, -0.2) is 46.4 Å². The van der Waals surface area contributed by atoms with E-state index in [1.54, 1.807) is 19.1 Å². The van der Waals surface area contributed by atoms with Crippen LogP contribution in [0.5, 0.6) is 11.5 Å². The number of thiol groups is 1. The monoisotopic (exact) mass is 302 g/mol. The molecule has 0 aliphatic rings. The zero-order chi connectivity index (χ0) is 15.1. The first-order valence-corrected chi connectivity index (χ1v) is 6.71. The Morgan fingerprint density at radius 1 is 1.35 bits per heavy atom. The Hall–Kier alpha value is -1.44. The Labute approximate surface area is 122 Å². The molecule has 0 bridgehead atoms. The third kappa shape index (κ3) is 4.29. The maximum Gasteiger partial charge on any atom is 0.341 e. The molecule has 0 radical (unpaired) electrons. The summed E-state index contributed by atoms with van der Waals surface area (Å²) in [6, 6.07) is 4.77. The van der Waals surface area contributed by atoms with E-state index in [9.17, 15) is 15.0 Å². The van der Waals surface area contributed by atoms with Gasteiger partial charge in [0.05, 0.1) is 12.7 Å². The second-order valence-electron chi connectivity index (χ2n) is 3.98. The quantitative estimate of drug-likeness (QED) is 0.532. The number of aliphatic hydroxyl groups is 2. The molecule has 2 unspecified atom stereocenters. The molecule has 6 nitrogen and oxygen atoms in total. The van der Waals surface area contributed by atoms with Gasteiger partial charge in [-0.05, 0) is 13.0 Å². The molecule has 0 saturated carbocycles. The average molecular weight is 302 g/mol. The van der Waals surface area contributed by atoms with Crippen LogP contribution in [0.3, 0.4) is 0 Å². The van der Waals surface area contributed by atoms with Gasteiger partial charge in [-0.2, -0.15) is 12.6 Å². The van der Waals surface area contributed by atoms with Crippen molar-refractivity contribution >= 4 is 18.6 Å². The van der Waals surface area contributed by atoms with E-state index in [0.717, 1.165) is 0 Å². The fourth-order valence-electron chi connectivity index (χ4n) is 1.63. The summed E-state index contributed by atoms with van der Waals surface area (Å²) < 4.78 is 10.5. The molecule has 0 aliphatic heterocycles. The van der Waals surface area contributed by atoms with Gasteiger partial charge in [0.2, 0.25) is 0 Å². The normalized spacial score (nSPS) is 13.6. The molecule has 1 rings (SSSR count). The molecule has 1 aromatic carbocycles. The Kier molecular flexibility index (Phi) is 6.63. The molecule has 0 amide bonds. The number of aliphatic hydroxyl groups excluding tert-OH is 2. The van der Waals surface area contributed by atoms with E-state index < -0.39 is 24.8 Å². The van der Waals surface area contributed by atoms with Crippen molar-refractivity contribution in [3.05, 3.63) is 23.8 Å². The maximum absolute atomic E-state index is 10.6. The molecule has 2 atom stereocenters. The fraction of sp³-hybridized carbons (Fsp3) is 0.462. The minimum absolute atomic E-state index is 0.0540. The summed E-state index contributed by atoms with van der Waals surface area (Å²) in [6.45, 7) is 1.56. The van der Waals surface area contributed by atoms with Gasteiger partial charge in [-0.1, -0.05) is 12.1 Å². The number of hydrogen-bond donors (Lipinski definition) is 4. The summed E-state index contributed by atoms with van der Waals surface area (Å²) in [4.78, 5) is 10.6. The van der Waals surface area contributed by atoms with Crippen molar-refractivity contribution in [2.75, 3.05) is 19.0 Å². The van der Waals surface area contributed by atoms with E-state index in [1.165, 1.54) is 6.07 Å². The summed E-state index contributed by atoms with van der Waals surface area (Å²) in [5.74, 6) is -0.661. The molecule has 7 heteroatoms. The molecule has 0 saturated heterocycles. The van der Waals surface area contributed by atoms with Gasteiger partial charge in [-0.25, -0.2) is 4.79 Å². The van der Waals surface area contributed by atoms with Crippen LogP contribution in [-0.2, 0) is 4.79 Å². The van der Waals surface area contributed by atoms with Crippen LogP contribution in [0, 0.1) is 0 Å². The minimum Gasteiger partial charge on any atom is -0.490 e. The van der Waals surface area contributed by atoms with Crippen LogP contribution < -0.4 is 9.47 Å². The highest BCUT2D eigenvalue weighted by Gasteiger charge is 2.23. The minimum atomic E-state index is -1.24. The number of aliphatic carboxylic acids is 1. The van der Waals surface area contributed by atoms with E-state index in [0.29, 0.717) is 12.4 Å². The lowest BCUT2D eigenvalue weighted by molar-refractivity contribution is -0.139. The lowest BCUT2D eigenvalue weighted by atomic mass is 10.0. The molecule has 0 aromatic heterocycles. The summed E-state index contributed by atoms with van der Waals surface area (Å²) in [5, 5.41) is 28.4. The van der Waals surface area contributed by atoms with Crippen LogP contribution >= 0.6 is 12.6 Å². The molecule has 20 heavy (non-hydrogen) atoms. The van der Waals surface area contributed by atoms with Gasteiger partial charge in [-0.3, -0.25) is 0 Å². The highest BCUT2D eigenvalue weighted by Crippen LogP contribution is 2.36. The van der Waals surface area contributed by atoms with Crippen LogP contribution in [0.4, 0.5) is 0 Å². The summed E-state index contributed by atoms with van der Waals surface area (Å²) in [6.07, 6.45) is -2.33. The van der Waals surface area contributed by atoms with Crippen LogP contribution in [0.2, 0.25) is 0 Å². The number of carbonyl (C=O) groups is 1. The molecular formula is C13H18O6S. The first-order valence-electron chi connectivity index (χ1n) is 6.08. The van der Waals surface area contributed by atoms with Crippen molar-refractivity contribution in [1.29, 1.82) is 0 Å². The number of benzene rings is 1. The van der Waals surface area contributed by atoms with Crippen molar-refractivity contribution in [3.8, 4) is 11.5 Å². The van der Waals surface area contributed by atoms with Crippen LogP contribution in [0.25, 0.3) is 0 Å². The molecule has 0 fully saturated rings. The van der Waals surface area contributed by atoms with Crippen LogP contribution in [0.15, 0.2) is 18.2 Å². The second kappa shape index (κ2) is 7.98. The van der Waals surface area contributed by atoms with Gasteiger partial charge < -0.3 is 24.8 Å². The first kappa shape index (κ1) is 16.6. The zero-order valence-electron chi connectivity index (χ0n) is 11.0. The summed E-state index contributed by atoms with van der Waals surface area (Å²) in [7, 11) is 0. The standard InChI is InChI=1S/C13H18O6S/c1-2-18-10-5-3-4-8(12(17)9(14)7-20)13(10)19-6-11(15)16/h3-5,9,12,14,17,20H,2,6-7H2,1H3,(H,15,16). The number of hydrogen-bond acceptors (Lipinski definition) is 6. The van der Waals surface area contributed by atoms with Gasteiger partial charge in [0, 0.05) is 11.3 Å². The average Bonchev–Trinajstić information content (AvgIpc) is 2.44. The van der Waals surface area contributed by atoms with E-state index in [1.807, 2.05) is 0 Å². The number of para-hydroxylation sites is 1. The Morgan fingerprint density at radius 3 is 2.60 bits per heavy atom. The first-order chi connectivity index (χ1) is 9.51. The molecule has 0 aliphatic carbocycles. The number of ether oxygens (including phenoxy) is 2. The predicted molar refractivity (Wildman–Crippen MR) is 75.6 cm³/mol. The van der Waals surface area contributed by atoms with Gasteiger partial charge in [0.15, 0.2) is 18.1 Å². The number of carboxylic acid groups (broad SMARTS) is 1. The molecule has 112 valence electrons. The van der Waals surface area contributed by atoms with Crippen molar-refractivity contribution < 1.29 is 29.6 Å². The summed E-state index contributed by atoms with van der Waals surface area (Å²) >= 11 is 3.92. The second-order valence-corrected chi connectivity index (χ2v) is 4.35. The van der Waals surface area contributed by atoms with E-state index in [2.05, 4.69) is 12.6 Å². The van der Waals surface area contributed by atoms with Gasteiger partial charge in [-0.15, -0.1) is 0 Å². The molecular weight excluding hydrogens is 284 g/mol. The van der Waals surface area contributed by atoms with Crippen molar-refractivity contribution in [2.45, 2.75) is 19.1 Å². The van der Waals surface area contributed by atoms with E-state index in [-0.39, 0.29) is 17.1 Å². The Balaban J connectivity index is 3.13. The lowest BCUT2D eigenvalue weighted by Crippen LogP contribution is -2.21. The van der Waals surface area contributed by atoms with E-state index >= 15 is 0 Å². The lowest BCUT2D eigenvalue weighted by Gasteiger charge is -2.21. The topological polar surface area (TPSA) is 96.2 Å².